The molecule has 0 bridgehead atoms. The lowest BCUT2D eigenvalue weighted by molar-refractivity contribution is 0.0596. The summed E-state index contributed by atoms with van der Waals surface area (Å²) in [4.78, 5) is 11.4. The highest BCUT2D eigenvalue weighted by atomic mass is 16.5. The van der Waals surface area contributed by atoms with Crippen molar-refractivity contribution in [1.82, 2.24) is 0 Å². The quantitative estimate of drug-likeness (QED) is 0.721. The molecule has 0 unspecified atom stereocenters. The molecule has 0 fully saturated rings. The lowest BCUT2D eigenvalue weighted by Crippen LogP contribution is -2.05. The van der Waals surface area contributed by atoms with Crippen molar-refractivity contribution in [1.29, 1.82) is 5.26 Å². The van der Waals surface area contributed by atoms with Crippen molar-refractivity contribution in [3.8, 4) is 17.6 Å². The van der Waals surface area contributed by atoms with Crippen molar-refractivity contribution in [2.24, 2.45) is 0 Å². The summed E-state index contributed by atoms with van der Waals surface area (Å²) >= 11 is 0. The summed E-state index contributed by atoms with van der Waals surface area (Å²) in [5, 5.41) is 8.85. The van der Waals surface area contributed by atoms with Gasteiger partial charge in [-0.05, 0) is 6.07 Å². The Bertz CT molecular complexity index is 448. The third-order valence-corrected chi connectivity index (χ3v) is 2.05. The molecule has 0 aliphatic heterocycles. The van der Waals surface area contributed by atoms with Gasteiger partial charge in [0.2, 0.25) is 0 Å². The molecule has 1 rings (SSSR count). The second-order valence-electron chi connectivity index (χ2n) is 2.86. The molecule has 0 aliphatic carbocycles. The zero-order chi connectivity index (χ0) is 12.1. The van der Waals surface area contributed by atoms with E-state index in [0.29, 0.717) is 11.3 Å². The van der Waals surface area contributed by atoms with Crippen molar-refractivity contribution >= 4 is 5.97 Å². The fourth-order valence-electron chi connectivity index (χ4n) is 1.25. The molecule has 1 aromatic carbocycles. The number of methoxy groups -OCH3 is 3. The number of carbonyl (C=O) groups excluding carboxylic acids is 1. The maximum Gasteiger partial charge on any atom is 0.341 e. The molecular weight excluding hydrogens is 210 g/mol. The Morgan fingerprint density at radius 1 is 1.19 bits per heavy atom. The predicted molar refractivity (Wildman–Crippen MR) is 55.6 cm³/mol. The number of esters is 1. The number of rotatable bonds is 3. The van der Waals surface area contributed by atoms with Gasteiger partial charge in [-0.2, -0.15) is 5.26 Å². The van der Waals surface area contributed by atoms with Gasteiger partial charge in [-0.1, -0.05) is 0 Å². The Hall–Kier alpha value is -2.22. The summed E-state index contributed by atoms with van der Waals surface area (Å²) in [6, 6.07) is 4.80. The van der Waals surface area contributed by atoms with E-state index in [2.05, 4.69) is 4.74 Å². The van der Waals surface area contributed by atoms with Gasteiger partial charge in [0.25, 0.3) is 0 Å². The molecule has 0 saturated carbocycles. The third kappa shape index (κ3) is 2.06. The minimum absolute atomic E-state index is 0.223. The molecule has 1 aromatic rings. The topological polar surface area (TPSA) is 68.5 Å². The number of ether oxygens (including phenoxy) is 3. The monoisotopic (exact) mass is 221 g/mol. The number of benzene rings is 1. The van der Waals surface area contributed by atoms with Crippen LogP contribution in [0.4, 0.5) is 0 Å². The van der Waals surface area contributed by atoms with E-state index < -0.39 is 5.97 Å². The minimum Gasteiger partial charge on any atom is -0.496 e. The first-order valence-electron chi connectivity index (χ1n) is 4.42. The first-order valence-corrected chi connectivity index (χ1v) is 4.42. The van der Waals surface area contributed by atoms with Crippen LogP contribution in [0.15, 0.2) is 12.1 Å². The third-order valence-electron chi connectivity index (χ3n) is 2.05. The van der Waals surface area contributed by atoms with Gasteiger partial charge in [0, 0.05) is 6.07 Å². The number of hydrogen-bond acceptors (Lipinski definition) is 5. The molecule has 0 spiro atoms. The molecule has 0 aromatic heterocycles. The Morgan fingerprint density at radius 3 is 2.25 bits per heavy atom. The van der Waals surface area contributed by atoms with E-state index in [9.17, 15) is 4.79 Å². The van der Waals surface area contributed by atoms with Crippen LogP contribution in [0.2, 0.25) is 0 Å². The van der Waals surface area contributed by atoms with Gasteiger partial charge in [0.05, 0.1) is 26.9 Å². The van der Waals surface area contributed by atoms with Crippen LogP contribution in [0.5, 0.6) is 11.5 Å². The number of nitriles is 1. The van der Waals surface area contributed by atoms with Gasteiger partial charge < -0.3 is 14.2 Å². The summed E-state index contributed by atoms with van der Waals surface area (Å²) in [6.45, 7) is 0. The second-order valence-corrected chi connectivity index (χ2v) is 2.86. The highest BCUT2D eigenvalue weighted by molar-refractivity contribution is 5.93. The van der Waals surface area contributed by atoms with Crippen molar-refractivity contribution in [3.05, 3.63) is 23.3 Å². The van der Waals surface area contributed by atoms with E-state index >= 15 is 0 Å². The van der Waals surface area contributed by atoms with E-state index in [1.165, 1.54) is 33.5 Å². The van der Waals surface area contributed by atoms with Crippen LogP contribution < -0.4 is 9.47 Å². The van der Waals surface area contributed by atoms with E-state index in [-0.39, 0.29) is 11.3 Å². The second kappa shape index (κ2) is 5.03. The highest BCUT2D eigenvalue weighted by Gasteiger charge is 2.17. The Labute approximate surface area is 93.2 Å². The first-order chi connectivity index (χ1) is 7.67. The van der Waals surface area contributed by atoms with Crippen LogP contribution in [0.1, 0.15) is 15.9 Å². The molecule has 16 heavy (non-hydrogen) atoms. The fraction of sp³-hybridized carbons (Fsp3) is 0.273. The largest absolute Gasteiger partial charge is 0.496 e. The summed E-state index contributed by atoms with van der Waals surface area (Å²) in [5.41, 5.74) is 0.521. The SMILES string of the molecule is COC(=O)c1cc(OC)c(C#N)cc1OC. The van der Waals surface area contributed by atoms with Gasteiger partial charge in [0.1, 0.15) is 23.1 Å². The zero-order valence-electron chi connectivity index (χ0n) is 9.23. The van der Waals surface area contributed by atoms with Crippen LogP contribution in [0, 0.1) is 11.3 Å². The molecule has 0 saturated heterocycles. The van der Waals surface area contributed by atoms with Gasteiger partial charge in [-0.3, -0.25) is 0 Å². The smallest absolute Gasteiger partial charge is 0.341 e. The van der Waals surface area contributed by atoms with Crippen molar-refractivity contribution in [3.63, 3.8) is 0 Å². The van der Waals surface area contributed by atoms with E-state index in [0.717, 1.165) is 0 Å². The maximum atomic E-state index is 11.4. The number of hydrogen-bond donors (Lipinski definition) is 0. The summed E-state index contributed by atoms with van der Waals surface area (Å²) in [5.74, 6) is 0.0486. The van der Waals surface area contributed by atoms with E-state index in [1.807, 2.05) is 6.07 Å². The van der Waals surface area contributed by atoms with Crippen LogP contribution in [0.25, 0.3) is 0 Å². The maximum absolute atomic E-state index is 11.4. The fourth-order valence-corrected chi connectivity index (χ4v) is 1.25. The summed E-state index contributed by atoms with van der Waals surface area (Å²) in [6.07, 6.45) is 0. The molecule has 5 heteroatoms. The van der Waals surface area contributed by atoms with Crippen molar-refractivity contribution < 1.29 is 19.0 Å². The van der Waals surface area contributed by atoms with Crippen molar-refractivity contribution in [2.75, 3.05) is 21.3 Å². The van der Waals surface area contributed by atoms with Gasteiger partial charge in [-0.25, -0.2) is 4.79 Å². The molecule has 0 N–H and O–H groups in total. The first kappa shape index (κ1) is 11.9. The van der Waals surface area contributed by atoms with Crippen LogP contribution in [-0.2, 0) is 4.74 Å². The molecule has 0 atom stereocenters. The van der Waals surface area contributed by atoms with E-state index in [4.69, 9.17) is 14.7 Å². The van der Waals surface area contributed by atoms with Gasteiger partial charge in [0.15, 0.2) is 0 Å². The van der Waals surface area contributed by atoms with Crippen LogP contribution >= 0.6 is 0 Å². The van der Waals surface area contributed by atoms with Crippen LogP contribution in [0.3, 0.4) is 0 Å². The Kier molecular flexibility index (Phi) is 3.72. The van der Waals surface area contributed by atoms with Crippen LogP contribution in [-0.4, -0.2) is 27.3 Å². The minimum atomic E-state index is -0.542. The highest BCUT2D eigenvalue weighted by Crippen LogP contribution is 2.28. The normalized spacial score (nSPS) is 9.12. The van der Waals surface area contributed by atoms with Gasteiger partial charge in [-0.15, -0.1) is 0 Å². The molecular formula is C11H11NO4. The number of nitrogens with zero attached hydrogens (tertiary/aromatic N) is 1. The zero-order valence-corrected chi connectivity index (χ0v) is 9.23. The molecule has 0 heterocycles. The molecule has 84 valence electrons. The Balaban J connectivity index is 3.38. The molecule has 0 aliphatic rings. The molecule has 0 amide bonds. The molecule has 5 nitrogen and oxygen atoms in total. The average Bonchev–Trinajstić information content (AvgIpc) is 2.35. The lowest BCUT2D eigenvalue weighted by atomic mass is 10.1. The predicted octanol–water partition coefficient (Wildman–Crippen LogP) is 1.36. The average molecular weight is 221 g/mol. The number of carbonyl (C=O) groups is 1. The molecule has 0 radical (unpaired) electrons. The standard InChI is InChI=1S/C11H11NO4/c1-14-9-5-8(11(13)16-3)10(15-2)4-7(9)6-12/h4-5H,1-3H3. The lowest BCUT2D eigenvalue weighted by Gasteiger charge is -2.10. The summed E-state index contributed by atoms with van der Waals surface area (Å²) < 4.78 is 14.6. The van der Waals surface area contributed by atoms with Gasteiger partial charge >= 0.3 is 5.97 Å². The summed E-state index contributed by atoms with van der Waals surface area (Å²) in [7, 11) is 4.10. The van der Waals surface area contributed by atoms with E-state index in [1.54, 1.807) is 0 Å². The Morgan fingerprint density at radius 2 is 1.81 bits per heavy atom. The van der Waals surface area contributed by atoms with Crippen molar-refractivity contribution in [2.45, 2.75) is 0 Å².